The van der Waals surface area contributed by atoms with E-state index < -0.39 is 0 Å². The van der Waals surface area contributed by atoms with Crippen LogP contribution in [0, 0.1) is 29.6 Å². The Morgan fingerprint density at radius 3 is 2.70 bits per heavy atom. The number of aryl methyl sites for hydroxylation is 1. The molecule has 0 saturated carbocycles. The molecule has 110 valence electrons. The predicted molar refractivity (Wildman–Crippen MR) is 86.5 cm³/mol. The highest BCUT2D eigenvalue weighted by Crippen LogP contribution is 2.27. The van der Waals surface area contributed by atoms with Crippen LogP contribution in [0.25, 0.3) is 22.6 Å². The van der Waals surface area contributed by atoms with Crippen molar-refractivity contribution in [2.75, 3.05) is 5.43 Å². The second-order valence-corrected chi connectivity index (χ2v) is 4.81. The Morgan fingerprint density at radius 2 is 1.96 bits per heavy atom. The lowest BCUT2D eigenvalue weighted by Gasteiger charge is -2.06. The Balaban J connectivity index is 1.98. The molecule has 0 aliphatic carbocycles. The number of benzene rings is 2. The van der Waals surface area contributed by atoms with E-state index >= 15 is 0 Å². The van der Waals surface area contributed by atoms with Crippen LogP contribution in [0.15, 0.2) is 52.0 Å². The molecule has 0 fully saturated rings. The lowest BCUT2D eigenvalue weighted by Crippen LogP contribution is -1.98. The third-order valence-corrected chi connectivity index (χ3v) is 3.28. The first-order valence-corrected chi connectivity index (χ1v) is 6.82. The molecule has 1 heterocycles. The molecule has 23 heavy (non-hydrogen) atoms. The van der Waals surface area contributed by atoms with Crippen molar-refractivity contribution in [3.63, 3.8) is 0 Å². The van der Waals surface area contributed by atoms with Crippen LogP contribution < -0.4 is 5.43 Å². The summed E-state index contributed by atoms with van der Waals surface area (Å²) >= 11 is 0. The van der Waals surface area contributed by atoms with Crippen LogP contribution in [0.1, 0.15) is 5.56 Å². The molecule has 1 aromatic heterocycles. The van der Waals surface area contributed by atoms with Gasteiger partial charge in [0.2, 0.25) is 11.6 Å². The molecule has 2 aromatic carbocycles. The maximum Gasteiger partial charge on any atom is 0.237 e. The molecule has 6 nitrogen and oxygen atoms in total. The van der Waals surface area contributed by atoms with Gasteiger partial charge in [-0.25, -0.2) is 4.98 Å². The molecule has 3 aromatic rings. The number of rotatable bonds is 3. The van der Waals surface area contributed by atoms with Gasteiger partial charge >= 0.3 is 0 Å². The molecule has 0 spiro atoms. The Hall–Kier alpha value is -3.64. The fraction of sp³-hybridized carbons (Fsp3) is 0.0588. The molecular weight excluding hydrogens is 290 g/mol. The first kappa shape index (κ1) is 14.3. The van der Waals surface area contributed by atoms with Gasteiger partial charge < -0.3 is 4.42 Å². The highest BCUT2D eigenvalue weighted by atomic mass is 16.3. The van der Waals surface area contributed by atoms with Crippen LogP contribution in [0.4, 0.5) is 5.69 Å². The van der Waals surface area contributed by atoms with Gasteiger partial charge in [-0.15, -0.1) is 0 Å². The summed E-state index contributed by atoms with van der Waals surface area (Å²) in [6.07, 6.45) is 0. The van der Waals surface area contributed by atoms with Crippen molar-refractivity contribution in [3.8, 4) is 23.6 Å². The van der Waals surface area contributed by atoms with Gasteiger partial charge in [-0.1, -0.05) is 18.2 Å². The number of oxazole rings is 1. The number of para-hydroxylation sites is 2. The molecule has 0 unspecified atom stereocenters. The lowest BCUT2D eigenvalue weighted by molar-refractivity contribution is 0.620. The van der Waals surface area contributed by atoms with Crippen LogP contribution in [0.3, 0.4) is 0 Å². The van der Waals surface area contributed by atoms with Gasteiger partial charge in [0.25, 0.3) is 0 Å². The van der Waals surface area contributed by atoms with Crippen molar-refractivity contribution in [2.45, 2.75) is 6.92 Å². The van der Waals surface area contributed by atoms with E-state index in [1.54, 1.807) is 12.1 Å². The van der Waals surface area contributed by atoms with Crippen molar-refractivity contribution in [3.05, 3.63) is 48.0 Å². The van der Waals surface area contributed by atoms with Gasteiger partial charge in [-0.2, -0.15) is 15.6 Å². The van der Waals surface area contributed by atoms with E-state index in [0.29, 0.717) is 17.2 Å². The van der Waals surface area contributed by atoms with E-state index in [1.165, 1.54) is 0 Å². The van der Waals surface area contributed by atoms with Crippen LogP contribution in [0.5, 0.6) is 0 Å². The second kappa shape index (κ2) is 6.00. The molecule has 0 aliphatic rings. The van der Waals surface area contributed by atoms with Gasteiger partial charge in [0, 0.05) is 5.56 Å². The average Bonchev–Trinajstić information content (AvgIpc) is 3.01. The minimum absolute atomic E-state index is 0.239. The molecule has 1 N–H and O–H groups in total. The molecule has 6 heteroatoms. The smallest absolute Gasteiger partial charge is 0.237 e. The minimum Gasteiger partial charge on any atom is -0.436 e. The molecule has 3 rings (SSSR count). The first-order valence-electron chi connectivity index (χ1n) is 6.82. The monoisotopic (exact) mass is 301 g/mol. The van der Waals surface area contributed by atoms with Gasteiger partial charge in [0.1, 0.15) is 17.7 Å². The number of aromatic nitrogens is 1. The largest absolute Gasteiger partial charge is 0.436 e. The average molecular weight is 301 g/mol. The van der Waals surface area contributed by atoms with Crippen LogP contribution in [0.2, 0.25) is 0 Å². The number of hydrogen-bond donors (Lipinski definition) is 1. The highest BCUT2D eigenvalue weighted by molar-refractivity contribution is 6.10. The summed E-state index contributed by atoms with van der Waals surface area (Å²) in [7, 11) is 0. The topological polar surface area (TPSA) is 98.0 Å². The number of anilines is 1. The van der Waals surface area contributed by atoms with E-state index in [9.17, 15) is 0 Å². The maximum atomic E-state index is 8.72. The molecule has 0 saturated heterocycles. The lowest BCUT2D eigenvalue weighted by atomic mass is 10.1. The summed E-state index contributed by atoms with van der Waals surface area (Å²) < 4.78 is 5.74. The number of hydrogen-bond acceptors (Lipinski definition) is 6. The quantitative estimate of drug-likeness (QED) is 0.588. The van der Waals surface area contributed by atoms with E-state index in [4.69, 9.17) is 14.9 Å². The summed E-state index contributed by atoms with van der Waals surface area (Å²) in [4.78, 5) is 4.45. The molecule has 0 radical (unpaired) electrons. The molecule has 0 amide bonds. The third-order valence-electron chi connectivity index (χ3n) is 3.28. The Labute approximate surface area is 132 Å². The van der Waals surface area contributed by atoms with Gasteiger partial charge in [-0.05, 0) is 36.8 Å². The van der Waals surface area contributed by atoms with Gasteiger partial charge in [0.05, 0.1) is 5.69 Å². The SMILES string of the molecule is Cc1ccc(-c2nc3ccccc3o2)cc1NN=C(C#N)C#N. The Kier molecular flexibility index (Phi) is 3.73. The van der Waals surface area contributed by atoms with Crippen molar-refractivity contribution in [1.82, 2.24) is 4.98 Å². The third kappa shape index (κ3) is 2.87. The minimum atomic E-state index is -0.239. The molecule has 0 aliphatic heterocycles. The zero-order valence-corrected chi connectivity index (χ0v) is 12.2. The van der Waals surface area contributed by atoms with Crippen molar-refractivity contribution < 1.29 is 4.42 Å². The number of hydrazone groups is 1. The van der Waals surface area contributed by atoms with E-state index in [1.807, 2.05) is 49.4 Å². The molecule has 0 atom stereocenters. The maximum absolute atomic E-state index is 8.72. The predicted octanol–water partition coefficient (Wildman–Crippen LogP) is 3.62. The zero-order chi connectivity index (χ0) is 16.2. The van der Waals surface area contributed by atoms with Crippen LogP contribution in [-0.4, -0.2) is 10.7 Å². The Morgan fingerprint density at radius 1 is 1.17 bits per heavy atom. The summed E-state index contributed by atoms with van der Waals surface area (Å²) in [5.74, 6) is 0.499. The number of fused-ring (bicyclic) bond motifs is 1. The summed E-state index contributed by atoms with van der Waals surface area (Å²) in [5.41, 5.74) is 6.36. The van der Waals surface area contributed by atoms with Crippen molar-refractivity contribution in [1.29, 1.82) is 10.5 Å². The van der Waals surface area contributed by atoms with Gasteiger partial charge in [-0.3, -0.25) is 5.43 Å². The fourth-order valence-electron chi connectivity index (χ4n) is 2.06. The van der Waals surface area contributed by atoms with Crippen molar-refractivity contribution in [2.24, 2.45) is 5.10 Å². The van der Waals surface area contributed by atoms with Crippen molar-refractivity contribution >= 4 is 22.5 Å². The summed E-state index contributed by atoms with van der Waals surface area (Å²) in [6.45, 7) is 1.89. The highest BCUT2D eigenvalue weighted by Gasteiger charge is 2.09. The second-order valence-electron chi connectivity index (χ2n) is 4.81. The number of nitrogens with zero attached hydrogens (tertiary/aromatic N) is 4. The standard InChI is InChI=1S/C17H11N5O/c1-11-6-7-12(8-15(11)22-21-13(9-18)10-19)17-20-14-4-2-3-5-16(14)23-17/h2-8,22H,1H3. The molecular formula is C17H11N5O. The fourth-order valence-corrected chi connectivity index (χ4v) is 2.06. The summed E-state index contributed by atoms with van der Waals surface area (Å²) in [5, 5.41) is 21.2. The van der Waals surface area contributed by atoms with Crippen LogP contribution >= 0.6 is 0 Å². The van der Waals surface area contributed by atoms with Crippen LogP contribution in [-0.2, 0) is 0 Å². The van der Waals surface area contributed by atoms with E-state index in [0.717, 1.165) is 16.6 Å². The first-order chi connectivity index (χ1) is 11.2. The normalized spacial score (nSPS) is 9.87. The van der Waals surface area contributed by atoms with Gasteiger partial charge in [0.15, 0.2) is 5.58 Å². The van der Waals surface area contributed by atoms with E-state index in [2.05, 4.69) is 15.5 Å². The Bertz CT molecular complexity index is 939. The number of nitrogens with one attached hydrogen (secondary N) is 1. The number of nitriles is 2. The van der Waals surface area contributed by atoms with E-state index in [-0.39, 0.29) is 5.71 Å². The molecule has 0 bridgehead atoms. The summed E-state index contributed by atoms with van der Waals surface area (Å²) in [6, 6.07) is 16.5. The zero-order valence-electron chi connectivity index (χ0n) is 12.2.